The van der Waals surface area contributed by atoms with Gasteiger partial charge in [0.25, 0.3) is 0 Å². The first-order chi connectivity index (χ1) is 9.79. The van der Waals surface area contributed by atoms with Crippen LogP contribution in [0.5, 0.6) is 0 Å². The zero-order chi connectivity index (χ0) is 17.2. The van der Waals surface area contributed by atoms with Gasteiger partial charge in [-0.15, -0.1) is 0 Å². The molecule has 0 aromatic carbocycles. The smallest absolute Gasteiger partial charge is 0.301 e. The van der Waals surface area contributed by atoms with E-state index in [4.69, 9.17) is 0 Å². The van der Waals surface area contributed by atoms with Crippen molar-refractivity contribution in [3.8, 4) is 0 Å². The Balaban J connectivity index is 2.47. The molecule has 22 heavy (non-hydrogen) atoms. The Labute approximate surface area is 134 Å². The molecule has 0 aromatic rings. The molecule has 1 saturated heterocycles. The molecule has 1 rings (SSSR count). The topological polar surface area (TPSA) is 6.48 Å². The van der Waals surface area contributed by atoms with Crippen LogP contribution in [0.25, 0.3) is 0 Å². The van der Waals surface area contributed by atoms with Gasteiger partial charge in [-0.25, -0.2) is 0 Å². The van der Waals surface area contributed by atoms with Gasteiger partial charge in [-0.3, -0.25) is 4.90 Å². The Morgan fingerprint density at radius 1 is 0.864 bits per heavy atom. The lowest BCUT2D eigenvalue weighted by Gasteiger charge is -2.42. The largest absolute Gasteiger partial charge is 0.391 e. The second-order valence-corrected chi connectivity index (χ2v) is 8.79. The highest BCUT2D eigenvalue weighted by Gasteiger charge is 2.41. The van der Waals surface area contributed by atoms with Crippen molar-refractivity contribution in [3.05, 3.63) is 0 Å². The zero-order valence-corrected chi connectivity index (χ0v) is 15.1. The maximum Gasteiger partial charge on any atom is 0.391 e. The molecule has 2 nitrogen and oxygen atoms in total. The quantitative estimate of drug-likeness (QED) is 0.756. The summed E-state index contributed by atoms with van der Waals surface area (Å²) in [5.41, 5.74) is -0.141. The number of rotatable bonds is 4. The Morgan fingerprint density at radius 2 is 1.36 bits per heavy atom. The average Bonchev–Trinajstić information content (AvgIpc) is 2.31. The second-order valence-electron chi connectivity index (χ2n) is 8.79. The number of halogens is 3. The lowest BCUT2D eigenvalue weighted by Crippen LogP contribution is -2.53. The molecule has 0 bridgehead atoms. The first-order valence-corrected chi connectivity index (χ1v) is 8.33. The van der Waals surface area contributed by atoms with E-state index in [9.17, 15) is 13.2 Å². The SMILES string of the molecule is CC(C)(C)CC(CCN1CCN(C(C)(C)C)CC1)C(F)(F)F. The molecule has 1 fully saturated rings. The van der Waals surface area contributed by atoms with E-state index in [1.807, 2.05) is 20.8 Å². The molecule has 0 aromatic heterocycles. The second kappa shape index (κ2) is 7.08. The van der Waals surface area contributed by atoms with Crippen LogP contribution in [-0.2, 0) is 0 Å². The van der Waals surface area contributed by atoms with Crippen molar-refractivity contribution in [1.82, 2.24) is 9.80 Å². The van der Waals surface area contributed by atoms with Gasteiger partial charge in [0.15, 0.2) is 0 Å². The summed E-state index contributed by atoms with van der Waals surface area (Å²) in [6, 6.07) is 0. The summed E-state index contributed by atoms with van der Waals surface area (Å²) in [6.07, 6.45) is -3.66. The van der Waals surface area contributed by atoms with Gasteiger partial charge >= 0.3 is 6.18 Å². The molecule has 0 saturated carbocycles. The monoisotopic (exact) mass is 322 g/mol. The number of piperazine rings is 1. The Morgan fingerprint density at radius 3 is 1.73 bits per heavy atom. The highest BCUT2D eigenvalue weighted by atomic mass is 19.4. The zero-order valence-electron chi connectivity index (χ0n) is 15.1. The van der Waals surface area contributed by atoms with Crippen molar-refractivity contribution in [2.45, 2.75) is 66.1 Å². The van der Waals surface area contributed by atoms with Crippen LogP contribution in [0.2, 0.25) is 0 Å². The third-order valence-electron chi connectivity index (χ3n) is 4.44. The van der Waals surface area contributed by atoms with Crippen LogP contribution in [0.15, 0.2) is 0 Å². The number of nitrogens with zero attached hydrogens (tertiary/aromatic N) is 2. The number of hydrogen-bond acceptors (Lipinski definition) is 2. The molecular weight excluding hydrogens is 289 g/mol. The van der Waals surface area contributed by atoms with Crippen LogP contribution in [0.3, 0.4) is 0 Å². The summed E-state index contributed by atoms with van der Waals surface area (Å²) in [5.74, 6) is -1.19. The van der Waals surface area contributed by atoms with Gasteiger partial charge in [-0.05, 0) is 45.6 Å². The first kappa shape index (κ1) is 19.8. The van der Waals surface area contributed by atoms with Gasteiger partial charge in [0.05, 0.1) is 5.92 Å². The van der Waals surface area contributed by atoms with Gasteiger partial charge in [0, 0.05) is 31.7 Å². The maximum absolute atomic E-state index is 13.2. The van der Waals surface area contributed by atoms with E-state index in [1.54, 1.807) is 0 Å². The molecule has 0 spiro atoms. The highest BCUT2D eigenvalue weighted by molar-refractivity contribution is 4.83. The van der Waals surface area contributed by atoms with Crippen molar-refractivity contribution in [3.63, 3.8) is 0 Å². The van der Waals surface area contributed by atoms with Crippen LogP contribution in [0, 0.1) is 11.3 Å². The van der Waals surface area contributed by atoms with E-state index in [1.165, 1.54) is 0 Å². The molecule has 1 aliphatic rings. The van der Waals surface area contributed by atoms with Gasteiger partial charge < -0.3 is 4.90 Å². The van der Waals surface area contributed by atoms with Gasteiger partial charge in [-0.2, -0.15) is 13.2 Å². The molecule has 0 amide bonds. The third-order valence-corrected chi connectivity index (χ3v) is 4.44. The minimum Gasteiger partial charge on any atom is -0.301 e. The van der Waals surface area contributed by atoms with E-state index in [-0.39, 0.29) is 23.8 Å². The van der Waals surface area contributed by atoms with Gasteiger partial charge in [0.1, 0.15) is 0 Å². The molecule has 1 unspecified atom stereocenters. The van der Waals surface area contributed by atoms with Crippen LogP contribution in [0.1, 0.15) is 54.4 Å². The van der Waals surface area contributed by atoms with E-state index >= 15 is 0 Å². The molecule has 0 aliphatic carbocycles. The van der Waals surface area contributed by atoms with E-state index < -0.39 is 12.1 Å². The van der Waals surface area contributed by atoms with E-state index in [2.05, 4.69) is 30.6 Å². The summed E-state index contributed by atoms with van der Waals surface area (Å²) < 4.78 is 39.6. The minimum absolute atomic E-state index is 0.146. The van der Waals surface area contributed by atoms with Crippen LogP contribution in [-0.4, -0.2) is 54.2 Å². The van der Waals surface area contributed by atoms with Crippen molar-refractivity contribution in [2.24, 2.45) is 11.3 Å². The van der Waals surface area contributed by atoms with E-state index in [0.717, 1.165) is 26.2 Å². The molecule has 5 heteroatoms. The number of hydrogen-bond donors (Lipinski definition) is 0. The Hall–Kier alpha value is -0.290. The molecule has 0 radical (unpaired) electrons. The highest BCUT2D eigenvalue weighted by Crippen LogP contribution is 2.38. The summed E-state index contributed by atoms with van der Waals surface area (Å²) in [7, 11) is 0. The fourth-order valence-electron chi connectivity index (χ4n) is 3.10. The summed E-state index contributed by atoms with van der Waals surface area (Å²) in [4.78, 5) is 4.59. The normalized spacial score (nSPS) is 21.1. The Bertz CT molecular complexity index is 331. The van der Waals surface area contributed by atoms with Crippen LogP contribution >= 0.6 is 0 Å². The first-order valence-electron chi connectivity index (χ1n) is 8.33. The molecule has 1 aliphatic heterocycles. The number of alkyl halides is 3. The minimum atomic E-state index is -4.08. The fourth-order valence-corrected chi connectivity index (χ4v) is 3.10. The molecule has 1 atom stereocenters. The predicted octanol–water partition coefficient (Wildman–Crippen LogP) is 4.41. The molecular formula is C17H33F3N2. The molecule has 132 valence electrons. The van der Waals surface area contributed by atoms with E-state index in [0.29, 0.717) is 6.54 Å². The Kier molecular flexibility index (Phi) is 6.36. The average molecular weight is 322 g/mol. The van der Waals surface area contributed by atoms with Crippen molar-refractivity contribution in [1.29, 1.82) is 0 Å². The fraction of sp³-hybridized carbons (Fsp3) is 1.00. The lowest BCUT2D eigenvalue weighted by molar-refractivity contribution is -0.184. The standard InChI is InChI=1S/C17H33F3N2/c1-15(2,3)13-14(17(18,19)20)7-8-21-9-11-22(12-10-21)16(4,5)6/h14H,7-13H2,1-6H3. The summed E-state index contributed by atoms with van der Waals surface area (Å²) >= 11 is 0. The van der Waals surface area contributed by atoms with Crippen LogP contribution < -0.4 is 0 Å². The summed E-state index contributed by atoms with van der Waals surface area (Å²) in [5, 5.41) is 0. The van der Waals surface area contributed by atoms with Gasteiger partial charge in [0.2, 0.25) is 0 Å². The van der Waals surface area contributed by atoms with Crippen molar-refractivity contribution >= 4 is 0 Å². The maximum atomic E-state index is 13.2. The summed E-state index contributed by atoms with van der Waals surface area (Å²) in [6.45, 7) is 16.4. The lowest BCUT2D eigenvalue weighted by atomic mass is 9.83. The van der Waals surface area contributed by atoms with Crippen molar-refractivity contribution < 1.29 is 13.2 Å². The molecule has 0 N–H and O–H groups in total. The van der Waals surface area contributed by atoms with Crippen molar-refractivity contribution in [2.75, 3.05) is 32.7 Å². The third kappa shape index (κ3) is 6.86. The molecule has 1 heterocycles. The van der Waals surface area contributed by atoms with Gasteiger partial charge in [-0.1, -0.05) is 20.8 Å². The predicted molar refractivity (Wildman–Crippen MR) is 86.0 cm³/mol. The van der Waals surface area contributed by atoms with Crippen LogP contribution in [0.4, 0.5) is 13.2 Å².